The topological polar surface area (TPSA) is 93.1 Å². The van der Waals surface area contributed by atoms with Crippen LogP contribution in [0.25, 0.3) is 6.08 Å². The van der Waals surface area contributed by atoms with E-state index in [1.54, 1.807) is 30.3 Å². The van der Waals surface area contributed by atoms with Gasteiger partial charge in [-0.15, -0.1) is 0 Å². The maximum atomic E-state index is 12.3. The van der Waals surface area contributed by atoms with Crippen LogP contribution in [0.15, 0.2) is 42.5 Å². The van der Waals surface area contributed by atoms with Crippen LogP contribution in [-0.4, -0.2) is 36.2 Å². The summed E-state index contributed by atoms with van der Waals surface area (Å²) < 4.78 is 10.1. The van der Waals surface area contributed by atoms with E-state index in [1.165, 1.54) is 32.4 Å². The number of hydrogen-bond acceptors (Lipinski definition) is 5. The molecule has 25 heavy (non-hydrogen) atoms. The zero-order chi connectivity index (χ0) is 18.4. The first-order valence-electron chi connectivity index (χ1n) is 7.42. The Bertz CT molecular complexity index is 823. The number of carbonyl (C=O) groups excluding carboxylic acids is 1. The highest BCUT2D eigenvalue weighted by molar-refractivity contribution is 6.07. The second kappa shape index (κ2) is 8.01. The summed E-state index contributed by atoms with van der Waals surface area (Å²) in [4.78, 5) is 23.2. The zero-order valence-corrected chi connectivity index (χ0v) is 13.9. The first-order chi connectivity index (χ1) is 11.9. The van der Waals surface area contributed by atoms with Gasteiger partial charge >= 0.3 is 5.97 Å². The van der Waals surface area contributed by atoms with E-state index in [4.69, 9.17) is 14.6 Å². The van der Waals surface area contributed by atoms with Gasteiger partial charge < -0.3 is 19.7 Å². The van der Waals surface area contributed by atoms with Crippen LogP contribution in [0.1, 0.15) is 21.5 Å². The minimum absolute atomic E-state index is 0.0229. The van der Waals surface area contributed by atoms with Crippen molar-refractivity contribution in [3.8, 4) is 17.2 Å². The molecule has 0 bridgehead atoms. The lowest BCUT2D eigenvalue weighted by Gasteiger charge is -2.08. The molecule has 6 heteroatoms. The molecule has 0 unspecified atom stereocenters. The molecule has 2 N–H and O–H groups in total. The molecule has 0 spiro atoms. The van der Waals surface area contributed by atoms with Gasteiger partial charge in [0, 0.05) is 11.1 Å². The number of carboxylic acid groups (broad SMARTS) is 1. The molecule has 0 heterocycles. The van der Waals surface area contributed by atoms with Gasteiger partial charge in [-0.05, 0) is 42.0 Å². The molecule has 0 saturated heterocycles. The van der Waals surface area contributed by atoms with E-state index in [2.05, 4.69) is 0 Å². The summed E-state index contributed by atoms with van der Waals surface area (Å²) in [6, 6.07) is 9.42. The number of carboxylic acids is 1. The van der Waals surface area contributed by atoms with Gasteiger partial charge in [-0.2, -0.15) is 0 Å². The number of allylic oxidation sites excluding steroid dienone is 1. The fourth-order valence-corrected chi connectivity index (χ4v) is 2.31. The number of phenols is 1. The van der Waals surface area contributed by atoms with Gasteiger partial charge in [-0.25, -0.2) is 0 Å². The zero-order valence-electron chi connectivity index (χ0n) is 13.9. The van der Waals surface area contributed by atoms with Crippen molar-refractivity contribution < 1.29 is 29.3 Å². The van der Waals surface area contributed by atoms with Crippen LogP contribution < -0.4 is 9.47 Å². The molecule has 6 nitrogen and oxygen atoms in total. The maximum absolute atomic E-state index is 12.3. The van der Waals surface area contributed by atoms with Gasteiger partial charge in [0.25, 0.3) is 0 Å². The first-order valence-corrected chi connectivity index (χ1v) is 7.42. The highest BCUT2D eigenvalue weighted by Crippen LogP contribution is 2.27. The second-order valence-electron chi connectivity index (χ2n) is 5.23. The van der Waals surface area contributed by atoms with E-state index in [0.29, 0.717) is 28.2 Å². The van der Waals surface area contributed by atoms with Crippen molar-refractivity contribution in [1.29, 1.82) is 0 Å². The van der Waals surface area contributed by atoms with Crippen molar-refractivity contribution in [2.24, 2.45) is 0 Å². The third kappa shape index (κ3) is 4.60. The molecule has 130 valence electrons. The number of phenolic OH excluding ortho intramolecular Hbond substituents is 1. The fourth-order valence-electron chi connectivity index (χ4n) is 2.31. The number of methoxy groups -OCH3 is 2. The molecule has 0 aliphatic carbocycles. The van der Waals surface area contributed by atoms with E-state index in [0.717, 1.165) is 0 Å². The number of aliphatic carboxylic acids is 1. The molecular weight excluding hydrogens is 324 g/mol. The Kier molecular flexibility index (Phi) is 5.79. The third-order valence-corrected chi connectivity index (χ3v) is 3.54. The van der Waals surface area contributed by atoms with Crippen LogP contribution in [0.4, 0.5) is 0 Å². The van der Waals surface area contributed by atoms with E-state index in [9.17, 15) is 14.7 Å². The van der Waals surface area contributed by atoms with Gasteiger partial charge in [-0.3, -0.25) is 9.59 Å². The number of carbonyl (C=O) groups is 2. The quantitative estimate of drug-likeness (QED) is 0.594. The van der Waals surface area contributed by atoms with Crippen LogP contribution in [0.2, 0.25) is 0 Å². The summed E-state index contributed by atoms with van der Waals surface area (Å²) in [5, 5.41) is 18.7. The molecule has 0 fully saturated rings. The van der Waals surface area contributed by atoms with Gasteiger partial charge in [-0.1, -0.05) is 12.1 Å². The van der Waals surface area contributed by atoms with Gasteiger partial charge in [0.2, 0.25) is 0 Å². The van der Waals surface area contributed by atoms with E-state index in [-0.39, 0.29) is 18.0 Å². The third-order valence-electron chi connectivity index (χ3n) is 3.54. The Morgan fingerprint density at radius 2 is 1.72 bits per heavy atom. The first kappa shape index (κ1) is 18.1. The molecule has 0 radical (unpaired) electrons. The molecule has 0 saturated carbocycles. The lowest BCUT2D eigenvalue weighted by molar-refractivity contribution is -0.136. The number of hydrogen-bond donors (Lipinski definition) is 2. The van der Waals surface area contributed by atoms with Crippen molar-refractivity contribution in [3.05, 3.63) is 59.2 Å². The normalized spacial score (nSPS) is 10.6. The number of ether oxygens (including phenoxy) is 2. The van der Waals surface area contributed by atoms with Gasteiger partial charge in [0.15, 0.2) is 17.3 Å². The Labute approximate surface area is 144 Å². The number of benzene rings is 2. The number of ketones is 1. The molecule has 2 aromatic carbocycles. The van der Waals surface area contributed by atoms with Gasteiger partial charge in [0.05, 0.1) is 20.6 Å². The largest absolute Gasteiger partial charge is 0.504 e. The van der Waals surface area contributed by atoms with Crippen molar-refractivity contribution in [1.82, 2.24) is 0 Å². The lowest BCUT2D eigenvalue weighted by atomic mass is 10.0. The predicted octanol–water partition coefficient (Wildman–Crippen LogP) is 2.93. The Morgan fingerprint density at radius 1 is 1.04 bits per heavy atom. The molecule has 2 rings (SSSR count). The summed E-state index contributed by atoms with van der Waals surface area (Å²) in [7, 11) is 2.89. The smallest absolute Gasteiger partial charge is 0.307 e. The summed E-state index contributed by atoms with van der Waals surface area (Å²) in [5.74, 6) is -0.554. The SMILES string of the molecule is COc1ccc(/C=C/C(=O)c2ccc(OC)c(CC(=O)O)c2)cc1O. The van der Waals surface area contributed by atoms with Crippen LogP contribution >= 0.6 is 0 Å². The lowest BCUT2D eigenvalue weighted by Crippen LogP contribution is -2.04. The standard InChI is InChI=1S/C19H18O6/c1-24-17-8-5-13(10-14(17)11-19(22)23)15(20)6-3-12-4-7-18(25-2)16(21)9-12/h3-10,21H,11H2,1-2H3,(H,22,23)/b6-3+. The average molecular weight is 342 g/mol. The minimum Gasteiger partial charge on any atom is -0.504 e. The predicted molar refractivity (Wildman–Crippen MR) is 92.4 cm³/mol. The average Bonchev–Trinajstić information content (AvgIpc) is 2.59. The number of rotatable bonds is 7. The fraction of sp³-hybridized carbons (Fsp3) is 0.158. The van der Waals surface area contributed by atoms with Crippen LogP contribution in [0.5, 0.6) is 17.2 Å². The monoisotopic (exact) mass is 342 g/mol. The molecule has 2 aromatic rings. The van der Waals surface area contributed by atoms with E-state index in [1.807, 2.05) is 0 Å². The van der Waals surface area contributed by atoms with Crippen LogP contribution in [0.3, 0.4) is 0 Å². The Morgan fingerprint density at radius 3 is 2.32 bits per heavy atom. The summed E-state index contributed by atoms with van der Waals surface area (Å²) in [6.45, 7) is 0. The summed E-state index contributed by atoms with van der Waals surface area (Å²) in [6.07, 6.45) is 2.68. The minimum atomic E-state index is -1.01. The van der Waals surface area contributed by atoms with E-state index >= 15 is 0 Å². The van der Waals surface area contributed by atoms with Crippen LogP contribution in [-0.2, 0) is 11.2 Å². The molecule has 0 amide bonds. The molecule has 0 aliphatic heterocycles. The molecule has 0 aromatic heterocycles. The number of aromatic hydroxyl groups is 1. The van der Waals surface area contributed by atoms with Gasteiger partial charge in [0.1, 0.15) is 5.75 Å². The molecule has 0 atom stereocenters. The summed E-state index contributed by atoms with van der Waals surface area (Å²) >= 11 is 0. The summed E-state index contributed by atoms with van der Waals surface area (Å²) in [5.41, 5.74) is 1.41. The molecular formula is C19H18O6. The van der Waals surface area contributed by atoms with Crippen molar-refractivity contribution in [2.45, 2.75) is 6.42 Å². The maximum Gasteiger partial charge on any atom is 0.307 e. The molecule has 0 aliphatic rings. The Balaban J connectivity index is 2.22. The van der Waals surface area contributed by atoms with Crippen molar-refractivity contribution in [3.63, 3.8) is 0 Å². The van der Waals surface area contributed by atoms with Crippen molar-refractivity contribution >= 4 is 17.8 Å². The van der Waals surface area contributed by atoms with E-state index < -0.39 is 5.97 Å². The van der Waals surface area contributed by atoms with Crippen molar-refractivity contribution in [2.75, 3.05) is 14.2 Å². The highest BCUT2D eigenvalue weighted by Gasteiger charge is 2.11. The highest BCUT2D eigenvalue weighted by atomic mass is 16.5. The second-order valence-corrected chi connectivity index (χ2v) is 5.23. The van der Waals surface area contributed by atoms with Crippen LogP contribution in [0, 0.1) is 0 Å². The Hall–Kier alpha value is -3.28.